The number of hydrogen-bond acceptors (Lipinski definition) is 6. The molecule has 2 heterocycles. The third kappa shape index (κ3) is 4.06. The number of hydrogen-bond donors (Lipinski definition) is 2. The molecule has 2 aromatic heterocycles. The van der Waals surface area contributed by atoms with Gasteiger partial charge in [0.15, 0.2) is 6.61 Å². The lowest BCUT2D eigenvalue weighted by Crippen LogP contribution is -2.14. The molecule has 1 fully saturated rings. The van der Waals surface area contributed by atoms with E-state index in [1.807, 2.05) is 19.9 Å². The van der Waals surface area contributed by atoms with Crippen LogP contribution in [0.4, 0.5) is 5.69 Å². The topological polar surface area (TPSA) is 115 Å². The summed E-state index contributed by atoms with van der Waals surface area (Å²) in [6.07, 6.45) is 2.12. The number of rotatable bonds is 7. The molecule has 0 spiro atoms. The van der Waals surface area contributed by atoms with Crippen LogP contribution in [0.2, 0.25) is 0 Å². The van der Waals surface area contributed by atoms with Gasteiger partial charge in [-0.2, -0.15) is 0 Å². The molecule has 4 rings (SSSR count). The number of ether oxygens (including phenoxy) is 1. The van der Waals surface area contributed by atoms with Crippen molar-refractivity contribution in [2.45, 2.75) is 38.5 Å². The number of benzene rings is 1. The molecular formula is C21H21N3O5. The summed E-state index contributed by atoms with van der Waals surface area (Å²) in [5.41, 5.74) is 3.01. The summed E-state index contributed by atoms with van der Waals surface area (Å²) in [4.78, 5) is 28.2. The molecule has 3 aromatic rings. The molecule has 0 atom stereocenters. The number of fused-ring (bicyclic) bond motifs is 1. The normalized spacial score (nSPS) is 13.6. The van der Waals surface area contributed by atoms with Gasteiger partial charge in [-0.15, -0.1) is 0 Å². The molecule has 1 aliphatic rings. The molecule has 0 aliphatic heterocycles. The number of aromatic nitrogens is 2. The highest BCUT2D eigenvalue weighted by Gasteiger charge is 2.29. The number of carbonyl (C=O) groups excluding carboxylic acids is 1. The first-order valence-corrected chi connectivity index (χ1v) is 9.48. The van der Waals surface area contributed by atoms with Crippen molar-refractivity contribution in [2.75, 3.05) is 11.9 Å². The lowest BCUT2D eigenvalue weighted by atomic mass is 10.0. The van der Waals surface area contributed by atoms with Gasteiger partial charge >= 0.3 is 5.97 Å². The fourth-order valence-corrected chi connectivity index (χ4v) is 3.13. The van der Waals surface area contributed by atoms with Crippen LogP contribution in [0.1, 0.15) is 60.3 Å². The molecule has 2 N–H and O–H groups in total. The van der Waals surface area contributed by atoms with Gasteiger partial charge in [0.1, 0.15) is 5.75 Å². The first-order valence-electron chi connectivity index (χ1n) is 9.48. The maximum atomic E-state index is 13.1. The standard InChI is InChI=1S/C21H21N3O5/c1-11(2)19-18-15(9-16(12-3-4-12)23-21(18)29-24-19)20(27)22-13-5-7-14(8-6-13)28-10-17(25)26/h5-9,11-12H,3-4,10H2,1-2H3,(H,22,27)(H,25,26). The van der Waals surface area contributed by atoms with Gasteiger partial charge in [-0.25, -0.2) is 9.78 Å². The van der Waals surface area contributed by atoms with Gasteiger partial charge in [-0.1, -0.05) is 19.0 Å². The summed E-state index contributed by atoms with van der Waals surface area (Å²) in [5.74, 6) is -0.464. The Labute approximate surface area is 166 Å². The van der Waals surface area contributed by atoms with Crippen LogP contribution in [0.5, 0.6) is 5.75 Å². The first kappa shape index (κ1) is 18.9. The van der Waals surface area contributed by atoms with E-state index in [9.17, 15) is 9.59 Å². The number of carboxylic acid groups (broad SMARTS) is 1. The van der Waals surface area contributed by atoms with E-state index >= 15 is 0 Å². The Morgan fingerprint density at radius 3 is 2.62 bits per heavy atom. The Hall–Kier alpha value is -3.42. The monoisotopic (exact) mass is 395 g/mol. The summed E-state index contributed by atoms with van der Waals surface area (Å²) >= 11 is 0. The number of amides is 1. The number of anilines is 1. The molecule has 1 aliphatic carbocycles. The van der Waals surface area contributed by atoms with Crippen molar-refractivity contribution in [3.05, 3.63) is 47.3 Å². The van der Waals surface area contributed by atoms with Crippen molar-refractivity contribution >= 4 is 28.7 Å². The Balaban J connectivity index is 1.62. The lowest BCUT2D eigenvalue weighted by Gasteiger charge is -2.10. The van der Waals surface area contributed by atoms with Crippen molar-refractivity contribution in [1.29, 1.82) is 0 Å². The zero-order chi connectivity index (χ0) is 20.5. The largest absolute Gasteiger partial charge is 0.482 e. The molecule has 0 bridgehead atoms. The number of aliphatic carboxylic acids is 1. The third-order valence-corrected chi connectivity index (χ3v) is 4.75. The average molecular weight is 395 g/mol. The molecule has 1 amide bonds. The van der Waals surface area contributed by atoms with Gasteiger partial charge in [0, 0.05) is 17.3 Å². The lowest BCUT2D eigenvalue weighted by molar-refractivity contribution is -0.139. The zero-order valence-corrected chi connectivity index (χ0v) is 16.1. The quantitative estimate of drug-likeness (QED) is 0.623. The molecule has 0 unspecified atom stereocenters. The van der Waals surface area contributed by atoms with E-state index in [4.69, 9.17) is 14.4 Å². The number of carbonyl (C=O) groups is 2. The van der Waals surface area contributed by atoms with Gasteiger partial charge in [0.2, 0.25) is 0 Å². The summed E-state index contributed by atoms with van der Waals surface area (Å²) in [6, 6.07) is 8.37. The van der Waals surface area contributed by atoms with Crippen LogP contribution >= 0.6 is 0 Å². The van der Waals surface area contributed by atoms with Crippen LogP contribution in [0, 0.1) is 0 Å². The Morgan fingerprint density at radius 2 is 2.00 bits per heavy atom. The fourth-order valence-electron chi connectivity index (χ4n) is 3.13. The molecule has 0 radical (unpaired) electrons. The smallest absolute Gasteiger partial charge is 0.341 e. The van der Waals surface area contributed by atoms with Crippen LogP contribution in [0.15, 0.2) is 34.9 Å². The fraction of sp³-hybridized carbons (Fsp3) is 0.333. The van der Waals surface area contributed by atoms with Crippen molar-refractivity contribution < 1.29 is 24.0 Å². The van der Waals surface area contributed by atoms with Gasteiger partial charge in [0.05, 0.1) is 16.6 Å². The van der Waals surface area contributed by atoms with Crippen LogP contribution < -0.4 is 10.1 Å². The minimum atomic E-state index is -1.05. The van der Waals surface area contributed by atoms with Gasteiger partial charge in [0.25, 0.3) is 11.6 Å². The second kappa shape index (κ2) is 7.54. The maximum absolute atomic E-state index is 13.1. The summed E-state index contributed by atoms with van der Waals surface area (Å²) in [7, 11) is 0. The maximum Gasteiger partial charge on any atom is 0.341 e. The Bertz CT molecular complexity index is 1070. The first-order chi connectivity index (χ1) is 13.9. The highest BCUT2D eigenvalue weighted by molar-refractivity contribution is 6.12. The highest BCUT2D eigenvalue weighted by Crippen LogP contribution is 2.41. The second-order valence-electron chi connectivity index (χ2n) is 7.43. The molecular weight excluding hydrogens is 374 g/mol. The molecule has 1 aromatic carbocycles. The number of pyridine rings is 1. The predicted octanol–water partition coefficient (Wildman–Crippen LogP) is 3.94. The molecule has 8 nitrogen and oxygen atoms in total. The minimum Gasteiger partial charge on any atom is -0.482 e. The van der Waals surface area contributed by atoms with Crippen molar-refractivity contribution in [2.24, 2.45) is 0 Å². The SMILES string of the molecule is CC(C)c1noc2nc(C3CC3)cc(C(=O)Nc3ccc(OCC(=O)O)cc3)c12. The van der Waals surface area contributed by atoms with E-state index in [2.05, 4.69) is 15.5 Å². The van der Waals surface area contributed by atoms with Crippen LogP contribution in [-0.2, 0) is 4.79 Å². The number of carboxylic acids is 1. The average Bonchev–Trinajstić information content (AvgIpc) is 3.45. The van der Waals surface area contributed by atoms with E-state index in [-0.39, 0.29) is 11.8 Å². The van der Waals surface area contributed by atoms with E-state index < -0.39 is 12.6 Å². The zero-order valence-electron chi connectivity index (χ0n) is 16.1. The van der Waals surface area contributed by atoms with Crippen molar-refractivity contribution in [3.8, 4) is 5.75 Å². The van der Waals surface area contributed by atoms with Gasteiger partial charge in [-0.05, 0) is 49.1 Å². The molecule has 29 heavy (non-hydrogen) atoms. The molecule has 8 heteroatoms. The van der Waals surface area contributed by atoms with Crippen molar-refractivity contribution in [3.63, 3.8) is 0 Å². The van der Waals surface area contributed by atoms with Crippen LogP contribution in [0.3, 0.4) is 0 Å². The number of nitrogens with one attached hydrogen (secondary N) is 1. The minimum absolute atomic E-state index is 0.0852. The summed E-state index contributed by atoms with van der Waals surface area (Å²) < 4.78 is 10.5. The predicted molar refractivity (Wildman–Crippen MR) is 105 cm³/mol. The molecule has 150 valence electrons. The second-order valence-corrected chi connectivity index (χ2v) is 7.43. The van der Waals surface area contributed by atoms with Crippen LogP contribution in [0.25, 0.3) is 11.1 Å². The summed E-state index contributed by atoms with van der Waals surface area (Å²) in [6.45, 7) is 3.56. The van der Waals surface area contributed by atoms with Crippen LogP contribution in [-0.4, -0.2) is 33.7 Å². The molecule has 1 saturated carbocycles. The van der Waals surface area contributed by atoms with E-state index in [1.165, 1.54) is 0 Å². The van der Waals surface area contributed by atoms with Crippen molar-refractivity contribution in [1.82, 2.24) is 10.1 Å². The van der Waals surface area contributed by atoms with E-state index in [0.717, 1.165) is 18.5 Å². The van der Waals surface area contributed by atoms with E-state index in [1.54, 1.807) is 24.3 Å². The van der Waals surface area contributed by atoms with Gasteiger partial charge < -0.3 is 19.7 Å². The highest BCUT2D eigenvalue weighted by atomic mass is 16.5. The van der Waals surface area contributed by atoms with Gasteiger partial charge in [-0.3, -0.25) is 4.79 Å². The van der Waals surface area contributed by atoms with E-state index in [0.29, 0.717) is 39.7 Å². The number of nitrogens with zero attached hydrogens (tertiary/aromatic N) is 2. The third-order valence-electron chi connectivity index (χ3n) is 4.75. The molecule has 0 saturated heterocycles. The Kier molecular flexibility index (Phi) is 4.92. The summed E-state index contributed by atoms with van der Waals surface area (Å²) in [5, 5.41) is 16.3. The Morgan fingerprint density at radius 1 is 1.28 bits per heavy atom.